The summed E-state index contributed by atoms with van der Waals surface area (Å²) >= 11 is 0. The first-order valence-electron chi connectivity index (χ1n) is 8.44. The Morgan fingerprint density at radius 2 is 2.12 bits per heavy atom. The van der Waals surface area contributed by atoms with Crippen molar-refractivity contribution in [3.05, 3.63) is 42.9 Å². The van der Waals surface area contributed by atoms with Gasteiger partial charge in [-0.2, -0.15) is 5.10 Å². The van der Waals surface area contributed by atoms with Crippen molar-refractivity contribution in [2.45, 2.75) is 19.8 Å². The van der Waals surface area contributed by atoms with E-state index >= 15 is 0 Å². The van der Waals surface area contributed by atoms with Crippen molar-refractivity contribution in [3.63, 3.8) is 0 Å². The lowest BCUT2D eigenvalue weighted by molar-refractivity contribution is 0.253. The summed E-state index contributed by atoms with van der Waals surface area (Å²) in [6.45, 7) is 5.37. The molecular weight excluding hydrogens is 300 g/mol. The van der Waals surface area contributed by atoms with E-state index in [9.17, 15) is 0 Å². The van der Waals surface area contributed by atoms with Crippen LogP contribution >= 0.6 is 0 Å². The van der Waals surface area contributed by atoms with Crippen LogP contribution in [0.4, 0.5) is 5.82 Å². The minimum Gasteiger partial charge on any atom is -0.369 e. The maximum Gasteiger partial charge on any atom is 0.168 e. The minimum atomic E-state index is 0.255. The van der Waals surface area contributed by atoms with Crippen molar-refractivity contribution < 1.29 is 0 Å². The number of fused-ring (bicyclic) bond motifs is 1. The Labute approximate surface area is 141 Å². The maximum absolute atomic E-state index is 4.50. The minimum absolute atomic E-state index is 0.255. The molecule has 1 aliphatic rings. The SMILES string of the molecule is CC1(CNc2ncnc3c2cnn3-c2ccccc2)CCCNC1. The van der Waals surface area contributed by atoms with Gasteiger partial charge in [-0.05, 0) is 36.9 Å². The molecule has 2 N–H and O–H groups in total. The first-order chi connectivity index (χ1) is 11.8. The molecule has 1 unspecified atom stereocenters. The van der Waals surface area contributed by atoms with Crippen molar-refractivity contribution >= 4 is 16.9 Å². The van der Waals surface area contributed by atoms with Crippen molar-refractivity contribution in [3.8, 4) is 5.69 Å². The molecule has 0 spiro atoms. The Balaban J connectivity index is 1.62. The fraction of sp³-hybridized carbons (Fsp3) is 0.389. The zero-order valence-corrected chi connectivity index (χ0v) is 13.9. The quantitative estimate of drug-likeness (QED) is 0.773. The topological polar surface area (TPSA) is 67.7 Å². The predicted octanol–water partition coefficient (Wildman–Crippen LogP) is 2.62. The van der Waals surface area contributed by atoms with E-state index in [0.717, 1.165) is 42.2 Å². The molecule has 24 heavy (non-hydrogen) atoms. The number of nitrogens with one attached hydrogen (secondary N) is 2. The summed E-state index contributed by atoms with van der Waals surface area (Å²) in [6, 6.07) is 10.0. The lowest BCUT2D eigenvalue weighted by atomic mass is 9.83. The van der Waals surface area contributed by atoms with Gasteiger partial charge < -0.3 is 10.6 Å². The van der Waals surface area contributed by atoms with Crippen molar-refractivity contribution in [1.82, 2.24) is 25.1 Å². The molecule has 0 radical (unpaired) electrons. The van der Waals surface area contributed by atoms with Gasteiger partial charge in [0.25, 0.3) is 0 Å². The molecule has 3 aromatic rings. The molecule has 1 saturated heterocycles. The number of piperidine rings is 1. The standard InChI is InChI=1S/C18H22N6/c1-18(8-5-9-19-11-18)12-20-16-15-10-23-24(17(15)22-13-21-16)14-6-3-2-4-7-14/h2-4,6-7,10,13,19H,5,8-9,11-12H2,1H3,(H,20,21,22). The van der Waals surface area contributed by atoms with Crippen LogP contribution in [0.15, 0.2) is 42.9 Å². The van der Waals surface area contributed by atoms with Crippen LogP contribution in [0.25, 0.3) is 16.7 Å². The largest absolute Gasteiger partial charge is 0.369 e. The van der Waals surface area contributed by atoms with E-state index in [4.69, 9.17) is 0 Å². The zero-order valence-electron chi connectivity index (χ0n) is 13.9. The maximum atomic E-state index is 4.50. The summed E-state index contributed by atoms with van der Waals surface area (Å²) in [7, 11) is 0. The summed E-state index contributed by atoms with van der Waals surface area (Å²) in [5.41, 5.74) is 2.08. The second-order valence-electron chi connectivity index (χ2n) is 6.80. The molecule has 0 amide bonds. The van der Waals surface area contributed by atoms with Gasteiger partial charge in [-0.1, -0.05) is 25.1 Å². The second-order valence-corrected chi connectivity index (χ2v) is 6.80. The third kappa shape index (κ3) is 2.85. The first-order valence-corrected chi connectivity index (χ1v) is 8.44. The Kier molecular flexibility index (Phi) is 3.90. The van der Waals surface area contributed by atoms with Crippen molar-refractivity contribution in [2.75, 3.05) is 25.0 Å². The predicted molar refractivity (Wildman–Crippen MR) is 95.4 cm³/mol. The summed E-state index contributed by atoms with van der Waals surface area (Å²) in [4.78, 5) is 8.86. The molecule has 4 rings (SSSR count). The molecule has 1 atom stereocenters. The monoisotopic (exact) mass is 322 g/mol. The average molecular weight is 322 g/mol. The Morgan fingerprint density at radius 3 is 2.92 bits per heavy atom. The molecule has 124 valence electrons. The fourth-order valence-electron chi connectivity index (χ4n) is 3.31. The number of hydrogen-bond acceptors (Lipinski definition) is 5. The highest BCUT2D eigenvalue weighted by Crippen LogP contribution is 2.27. The van der Waals surface area contributed by atoms with E-state index in [1.54, 1.807) is 6.33 Å². The third-order valence-corrected chi connectivity index (χ3v) is 4.73. The van der Waals surface area contributed by atoms with E-state index in [0.29, 0.717) is 0 Å². The van der Waals surface area contributed by atoms with Crippen molar-refractivity contribution in [2.24, 2.45) is 5.41 Å². The van der Waals surface area contributed by atoms with E-state index in [2.05, 4.69) is 32.6 Å². The first kappa shape index (κ1) is 15.1. The number of benzene rings is 1. The van der Waals surface area contributed by atoms with E-state index in [-0.39, 0.29) is 5.41 Å². The number of anilines is 1. The van der Waals surface area contributed by atoms with Gasteiger partial charge in [0, 0.05) is 13.1 Å². The second kappa shape index (κ2) is 6.20. The zero-order chi connectivity index (χ0) is 16.4. The van der Waals surface area contributed by atoms with E-state index < -0.39 is 0 Å². The molecule has 6 heteroatoms. The summed E-state index contributed by atoms with van der Waals surface area (Å²) in [5.74, 6) is 0.856. The van der Waals surface area contributed by atoms with Crippen LogP contribution in [0, 0.1) is 5.41 Å². The highest BCUT2D eigenvalue weighted by atomic mass is 15.3. The van der Waals surface area contributed by atoms with Crippen molar-refractivity contribution in [1.29, 1.82) is 0 Å². The molecule has 1 fully saturated rings. The average Bonchev–Trinajstić information content (AvgIpc) is 3.06. The third-order valence-electron chi connectivity index (χ3n) is 4.73. The number of hydrogen-bond donors (Lipinski definition) is 2. The number of aromatic nitrogens is 4. The molecule has 1 aromatic carbocycles. The van der Waals surface area contributed by atoms with Gasteiger partial charge >= 0.3 is 0 Å². The van der Waals surface area contributed by atoms with Gasteiger partial charge in [0.1, 0.15) is 12.1 Å². The Morgan fingerprint density at radius 1 is 1.25 bits per heavy atom. The molecule has 2 aromatic heterocycles. The molecular formula is C18H22N6. The van der Waals surface area contributed by atoms with Crippen LogP contribution in [-0.4, -0.2) is 39.4 Å². The van der Waals surface area contributed by atoms with Crippen LogP contribution in [-0.2, 0) is 0 Å². The van der Waals surface area contributed by atoms with Crippen LogP contribution in [0.2, 0.25) is 0 Å². The molecule has 0 bridgehead atoms. The van der Waals surface area contributed by atoms with Gasteiger partial charge in [0.05, 0.1) is 17.3 Å². The van der Waals surface area contributed by atoms with Gasteiger partial charge in [0.2, 0.25) is 0 Å². The normalized spacial score (nSPS) is 21.0. The Bertz CT molecular complexity index is 820. The van der Waals surface area contributed by atoms with Gasteiger partial charge in [-0.25, -0.2) is 14.6 Å². The molecule has 1 aliphatic heterocycles. The lowest BCUT2D eigenvalue weighted by Crippen LogP contribution is -2.42. The molecule has 3 heterocycles. The van der Waals surface area contributed by atoms with Gasteiger partial charge in [-0.15, -0.1) is 0 Å². The molecule has 0 saturated carbocycles. The Hall–Kier alpha value is -2.47. The number of para-hydroxylation sites is 1. The highest BCUT2D eigenvalue weighted by molar-refractivity contribution is 5.87. The van der Waals surface area contributed by atoms with Crippen LogP contribution in [0.5, 0.6) is 0 Å². The van der Waals surface area contributed by atoms with Crippen LogP contribution < -0.4 is 10.6 Å². The molecule has 0 aliphatic carbocycles. The van der Waals surface area contributed by atoms with E-state index in [1.165, 1.54) is 12.8 Å². The summed E-state index contributed by atoms with van der Waals surface area (Å²) in [6.07, 6.45) is 5.90. The van der Waals surface area contributed by atoms with Crippen LogP contribution in [0.1, 0.15) is 19.8 Å². The smallest absolute Gasteiger partial charge is 0.168 e. The van der Waals surface area contributed by atoms with E-state index in [1.807, 2.05) is 41.2 Å². The van der Waals surface area contributed by atoms with Gasteiger partial charge in [0.15, 0.2) is 5.65 Å². The summed E-state index contributed by atoms with van der Waals surface area (Å²) in [5, 5.41) is 12.5. The van der Waals surface area contributed by atoms with Gasteiger partial charge in [-0.3, -0.25) is 0 Å². The summed E-state index contributed by atoms with van der Waals surface area (Å²) < 4.78 is 1.85. The highest BCUT2D eigenvalue weighted by Gasteiger charge is 2.26. The van der Waals surface area contributed by atoms with Crippen LogP contribution in [0.3, 0.4) is 0 Å². The number of rotatable bonds is 4. The number of nitrogens with zero attached hydrogens (tertiary/aromatic N) is 4. The lowest BCUT2D eigenvalue weighted by Gasteiger charge is -2.34. The molecule has 6 nitrogen and oxygen atoms in total. The fourth-order valence-corrected chi connectivity index (χ4v) is 3.31.